The number of carbonyl (C=O) groups is 1. The molecule has 160 valence electrons. The molecule has 2 aromatic rings. The number of nitrogens with one attached hydrogen (secondary N) is 1. The van der Waals surface area contributed by atoms with Crippen molar-refractivity contribution in [3.63, 3.8) is 0 Å². The summed E-state index contributed by atoms with van der Waals surface area (Å²) >= 11 is 1.59. The molecule has 0 spiro atoms. The molecule has 4 fully saturated rings. The van der Waals surface area contributed by atoms with Crippen LogP contribution in [0.4, 0.5) is 5.69 Å². The summed E-state index contributed by atoms with van der Waals surface area (Å²) in [6.45, 7) is 7.94. The lowest BCUT2D eigenvalue weighted by molar-refractivity contribution is 0.0217. The first kappa shape index (κ1) is 19.8. The highest BCUT2D eigenvalue weighted by molar-refractivity contribution is 7.12. The quantitative estimate of drug-likeness (QED) is 0.790. The number of amides is 1. The lowest BCUT2D eigenvalue weighted by Crippen LogP contribution is -2.62. The number of carbonyl (C=O) groups excluding carboxylic acids is 1. The first-order chi connectivity index (χ1) is 14.7. The zero-order chi connectivity index (χ0) is 20.5. The van der Waals surface area contributed by atoms with Crippen molar-refractivity contribution < 1.29 is 14.3 Å². The van der Waals surface area contributed by atoms with Gasteiger partial charge in [-0.1, -0.05) is 0 Å². The number of fused-ring (bicyclic) bond motifs is 3. The van der Waals surface area contributed by atoms with Crippen LogP contribution in [0.1, 0.15) is 30.1 Å². The van der Waals surface area contributed by atoms with Crippen LogP contribution >= 0.6 is 11.3 Å². The fourth-order valence-corrected chi connectivity index (χ4v) is 5.71. The minimum absolute atomic E-state index is 0.0119. The van der Waals surface area contributed by atoms with E-state index in [0.29, 0.717) is 17.5 Å². The van der Waals surface area contributed by atoms with Crippen LogP contribution in [-0.4, -0.2) is 62.3 Å². The van der Waals surface area contributed by atoms with E-state index in [4.69, 9.17) is 9.47 Å². The van der Waals surface area contributed by atoms with Crippen molar-refractivity contribution in [3.8, 4) is 10.8 Å². The van der Waals surface area contributed by atoms with Gasteiger partial charge in [0.15, 0.2) is 5.06 Å². The van der Waals surface area contributed by atoms with Crippen LogP contribution in [0.25, 0.3) is 0 Å². The molecular weight excluding hydrogens is 398 g/mol. The molecule has 6 nitrogen and oxygen atoms in total. The molecule has 5 heterocycles. The maximum absolute atomic E-state index is 12.8. The van der Waals surface area contributed by atoms with Crippen LogP contribution in [0.15, 0.2) is 35.7 Å². The topological polar surface area (TPSA) is 54.0 Å². The van der Waals surface area contributed by atoms with Crippen molar-refractivity contribution in [1.29, 1.82) is 0 Å². The third-order valence-corrected chi connectivity index (χ3v) is 7.54. The maximum Gasteiger partial charge on any atom is 0.251 e. The molecule has 4 aliphatic rings. The van der Waals surface area contributed by atoms with Crippen LogP contribution in [0.5, 0.6) is 10.8 Å². The summed E-state index contributed by atoms with van der Waals surface area (Å²) in [6, 6.07) is 10.2. The second kappa shape index (κ2) is 8.57. The Morgan fingerprint density at radius 1 is 1.13 bits per heavy atom. The van der Waals surface area contributed by atoms with Gasteiger partial charge in [0.25, 0.3) is 5.91 Å². The Morgan fingerprint density at radius 3 is 2.57 bits per heavy atom. The summed E-state index contributed by atoms with van der Waals surface area (Å²) in [5.41, 5.74) is 1.87. The SMILES string of the molecule is CC1C(NC(=O)c2ccc(Oc3cc(N4CCOCC4)cs3)cc2)C2CCN1CC2. The van der Waals surface area contributed by atoms with E-state index >= 15 is 0 Å². The lowest BCUT2D eigenvalue weighted by Gasteiger charge is -2.49. The second-order valence-electron chi connectivity index (χ2n) is 8.46. The van der Waals surface area contributed by atoms with E-state index in [-0.39, 0.29) is 11.9 Å². The van der Waals surface area contributed by atoms with Crippen molar-refractivity contribution in [2.45, 2.75) is 31.8 Å². The first-order valence-corrected chi connectivity index (χ1v) is 11.8. The molecule has 30 heavy (non-hydrogen) atoms. The van der Waals surface area contributed by atoms with E-state index in [0.717, 1.165) is 37.1 Å². The van der Waals surface area contributed by atoms with Crippen LogP contribution in [0, 0.1) is 5.92 Å². The molecule has 1 N–H and O–H groups in total. The van der Waals surface area contributed by atoms with Gasteiger partial charge in [0.05, 0.1) is 18.9 Å². The second-order valence-corrected chi connectivity index (χ2v) is 9.34. The van der Waals surface area contributed by atoms with E-state index in [9.17, 15) is 4.79 Å². The fourth-order valence-electron chi connectivity index (χ4n) is 4.92. The Bertz CT molecular complexity index is 868. The van der Waals surface area contributed by atoms with Gasteiger partial charge >= 0.3 is 0 Å². The normalized spacial score (nSPS) is 28.4. The molecule has 1 aromatic heterocycles. The maximum atomic E-state index is 12.8. The highest BCUT2D eigenvalue weighted by Crippen LogP contribution is 2.34. The predicted octanol–water partition coefficient (Wildman–Crippen LogP) is 3.59. The number of hydrogen-bond donors (Lipinski definition) is 1. The van der Waals surface area contributed by atoms with Crippen LogP contribution in [0.3, 0.4) is 0 Å². The summed E-state index contributed by atoms with van der Waals surface area (Å²) in [6.07, 6.45) is 2.38. The summed E-state index contributed by atoms with van der Waals surface area (Å²) in [5.74, 6) is 1.37. The molecule has 2 bridgehead atoms. The smallest absolute Gasteiger partial charge is 0.251 e. The average molecular weight is 428 g/mol. The lowest BCUT2D eigenvalue weighted by atomic mass is 9.79. The molecule has 6 rings (SSSR count). The Morgan fingerprint density at radius 2 is 1.87 bits per heavy atom. The van der Waals surface area contributed by atoms with Gasteiger partial charge < -0.3 is 19.7 Å². The van der Waals surface area contributed by atoms with Crippen molar-refractivity contribution >= 4 is 22.9 Å². The monoisotopic (exact) mass is 427 g/mol. The minimum atomic E-state index is 0.0119. The van der Waals surface area contributed by atoms with E-state index in [1.807, 2.05) is 24.3 Å². The van der Waals surface area contributed by atoms with Gasteiger partial charge in [0.2, 0.25) is 0 Å². The number of nitrogens with zero attached hydrogens (tertiary/aromatic N) is 2. The molecule has 0 saturated carbocycles. The van der Waals surface area contributed by atoms with E-state index in [1.165, 1.54) is 31.6 Å². The Kier molecular flexibility index (Phi) is 5.67. The molecule has 2 unspecified atom stereocenters. The Balaban J connectivity index is 1.19. The molecule has 4 aliphatic heterocycles. The fraction of sp³-hybridized carbons (Fsp3) is 0.522. The molecular formula is C23H29N3O3S. The summed E-state index contributed by atoms with van der Waals surface area (Å²) < 4.78 is 11.4. The van der Waals surface area contributed by atoms with Crippen molar-refractivity contribution in [1.82, 2.24) is 10.2 Å². The number of benzene rings is 1. The molecule has 0 aliphatic carbocycles. The molecule has 1 amide bonds. The van der Waals surface area contributed by atoms with Gasteiger partial charge in [-0.25, -0.2) is 0 Å². The highest BCUT2D eigenvalue weighted by Gasteiger charge is 2.40. The Hall–Kier alpha value is -2.09. The number of piperidine rings is 3. The van der Waals surface area contributed by atoms with Crippen molar-refractivity contribution in [3.05, 3.63) is 41.3 Å². The van der Waals surface area contributed by atoms with Crippen LogP contribution in [0.2, 0.25) is 0 Å². The summed E-state index contributed by atoms with van der Waals surface area (Å²) in [5, 5.41) is 6.27. The van der Waals surface area contributed by atoms with Crippen LogP contribution < -0.4 is 15.0 Å². The predicted molar refractivity (Wildman–Crippen MR) is 119 cm³/mol. The summed E-state index contributed by atoms with van der Waals surface area (Å²) in [4.78, 5) is 17.6. The van der Waals surface area contributed by atoms with Gasteiger partial charge in [-0.2, -0.15) is 0 Å². The number of ether oxygens (including phenoxy) is 2. The number of hydrogen-bond acceptors (Lipinski definition) is 6. The number of anilines is 1. The number of morpholine rings is 1. The molecule has 0 radical (unpaired) electrons. The number of rotatable bonds is 5. The van der Waals surface area contributed by atoms with Crippen molar-refractivity contribution in [2.24, 2.45) is 5.92 Å². The molecule has 4 saturated heterocycles. The van der Waals surface area contributed by atoms with E-state index < -0.39 is 0 Å². The van der Waals surface area contributed by atoms with E-state index in [1.54, 1.807) is 11.3 Å². The highest BCUT2D eigenvalue weighted by atomic mass is 32.1. The van der Waals surface area contributed by atoms with Crippen LogP contribution in [-0.2, 0) is 4.74 Å². The molecule has 7 heteroatoms. The van der Waals surface area contributed by atoms with Crippen molar-refractivity contribution in [2.75, 3.05) is 44.3 Å². The largest absolute Gasteiger partial charge is 0.447 e. The van der Waals surface area contributed by atoms with E-state index in [2.05, 4.69) is 33.5 Å². The first-order valence-electron chi connectivity index (χ1n) is 10.9. The standard InChI is InChI=1S/C23H29N3O3S/c1-16-22(17-6-8-25(16)9-7-17)24-23(27)18-2-4-20(5-3-18)29-21-14-19(15-30-21)26-10-12-28-13-11-26/h2-5,14-17,22H,6-13H2,1H3,(H,24,27). The molecule has 2 atom stereocenters. The van der Waals surface area contributed by atoms with Gasteiger partial charge in [0, 0.05) is 42.2 Å². The third kappa shape index (κ3) is 4.06. The zero-order valence-corrected chi connectivity index (χ0v) is 18.2. The van der Waals surface area contributed by atoms with Gasteiger partial charge in [-0.15, -0.1) is 11.3 Å². The van der Waals surface area contributed by atoms with Gasteiger partial charge in [0.1, 0.15) is 5.75 Å². The van der Waals surface area contributed by atoms with Gasteiger partial charge in [-0.3, -0.25) is 9.69 Å². The Labute approximate surface area is 181 Å². The third-order valence-electron chi connectivity index (χ3n) is 6.75. The average Bonchev–Trinajstić information content (AvgIpc) is 3.26. The number of thiophene rings is 1. The zero-order valence-electron chi connectivity index (χ0n) is 17.4. The minimum Gasteiger partial charge on any atom is -0.447 e. The van der Waals surface area contributed by atoms with Gasteiger partial charge in [-0.05, 0) is 63.0 Å². The summed E-state index contributed by atoms with van der Waals surface area (Å²) in [7, 11) is 0. The molecule has 1 aromatic carbocycles.